The second-order valence-corrected chi connectivity index (χ2v) is 7.33. The summed E-state index contributed by atoms with van der Waals surface area (Å²) in [7, 11) is 3.45. The predicted octanol–water partition coefficient (Wildman–Crippen LogP) is 4.08. The van der Waals surface area contributed by atoms with E-state index in [9.17, 15) is 13.2 Å². The van der Waals surface area contributed by atoms with Gasteiger partial charge in [0, 0.05) is 24.4 Å². The molecule has 0 aliphatic carbocycles. The minimum absolute atomic E-state index is 0.183. The van der Waals surface area contributed by atoms with Gasteiger partial charge in [-0.25, -0.2) is 4.98 Å². The van der Waals surface area contributed by atoms with E-state index in [0.29, 0.717) is 21.8 Å². The maximum Gasteiger partial charge on any atom is 0.434 e. The van der Waals surface area contributed by atoms with E-state index in [4.69, 9.17) is 11.6 Å². The van der Waals surface area contributed by atoms with Gasteiger partial charge in [-0.2, -0.15) is 13.2 Å². The van der Waals surface area contributed by atoms with Gasteiger partial charge in [-0.05, 0) is 12.1 Å². The molecule has 0 aliphatic rings. The third kappa shape index (κ3) is 5.08. The minimum Gasteiger partial charge on any atom is -0.350 e. The number of hydrogen-bond donors (Lipinski definition) is 1. The Morgan fingerprint density at radius 3 is 2.70 bits per heavy atom. The number of halogens is 4. The molecule has 0 unspecified atom stereocenters. The van der Waals surface area contributed by atoms with Crippen LogP contribution in [0.1, 0.15) is 15.6 Å². The summed E-state index contributed by atoms with van der Waals surface area (Å²) in [4.78, 5) is 10.6. The van der Waals surface area contributed by atoms with Gasteiger partial charge < -0.3 is 10.2 Å². The Balaban J connectivity index is 1.93. The van der Waals surface area contributed by atoms with E-state index in [1.54, 1.807) is 7.05 Å². The lowest BCUT2D eigenvalue weighted by molar-refractivity contribution is -0.140. The number of nitrogens with one attached hydrogen (secondary N) is 1. The van der Waals surface area contributed by atoms with Crippen molar-refractivity contribution < 1.29 is 13.2 Å². The molecule has 0 spiro atoms. The van der Waals surface area contributed by atoms with E-state index in [2.05, 4.69) is 15.3 Å². The van der Waals surface area contributed by atoms with E-state index in [-0.39, 0.29) is 6.54 Å². The summed E-state index contributed by atoms with van der Waals surface area (Å²) in [5.74, 6) is 0.568. The van der Waals surface area contributed by atoms with Crippen LogP contribution in [0.3, 0.4) is 0 Å². The van der Waals surface area contributed by atoms with Crippen LogP contribution in [0, 0.1) is 0 Å². The fourth-order valence-corrected chi connectivity index (χ4v) is 3.69. The number of thiophene rings is 1. The van der Waals surface area contributed by atoms with Crippen molar-refractivity contribution in [2.45, 2.75) is 19.3 Å². The lowest BCUT2D eigenvalue weighted by Gasteiger charge is -2.21. The van der Waals surface area contributed by atoms with Crippen LogP contribution in [-0.2, 0) is 19.3 Å². The van der Waals surface area contributed by atoms with Gasteiger partial charge in [-0.3, -0.25) is 4.99 Å². The summed E-state index contributed by atoms with van der Waals surface area (Å²) in [5, 5.41) is 4.37. The smallest absolute Gasteiger partial charge is 0.350 e. The van der Waals surface area contributed by atoms with Crippen molar-refractivity contribution in [3.8, 4) is 0 Å². The highest BCUT2D eigenvalue weighted by molar-refractivity contribution is 7.16. The fraction of sp³-hybridized carbons (Fsp3) is 0.385. The third-order valence-corrected chi connectivity index (χ3v) is 4.90. The summed E-state index contributed by atoms with van der Waals surface area (Å²) in [6.45, 7) is 0.783. The van der Waals surface area contributed by atoms with Gasteiger partial charge in [0.25, 0.3) is 0 Å². The third-order valence-electron chi connectivity index (χ3n) is 2.84. The average Bonchev–Trinajstić information content (AvgIpc) is 3.08. The Morgan fingerprint density at radius 1 is 1.43 bits per heavy atom. The fourth-order valence-electron chi connectivity index (χ4n) is 1.81. The summed E-state index contributed by atoms with van der Waals surface area (Å²) in [6, 6.07) is 3.74. The molecule has 0 fully saturated rings. The highest BCUT2D eigenvalue weighted by Crippen LogP contribution is 2.30. The molecule has 0 amide bonds. The van der Waals surface area contributed by atoms with Crippen molar-refractivity contribution in [3.63, 3.8) is 0 Å². The van der Waals surface area contributed by atoms with Crippen molar-refractivity contribution in [2.24, 2.45) is 4.99 Å². The molecule has 0 saturated carbocycles. The molecule has 23 heavy (non-hydrogen) atoms. The highest BCUT2D eigenvalue weighted by atomic mass is 35.5. The zero-order valence-corrected chi connectivity index (χ0v) is 14.7. The molecule has 0 saturated heterocycles. The van der Waals surface area contributed by atoms with E-state index >= 15 is 0 Å². The molecule has 2 heterocycles. The predicted molar refractivity (Wildman–Crippen MR) is 88.1 cm³/mol. The van der Waals surface area contributed by atoms with Gasteiger partial charge in [-0.1, -0.05) is 11.6 Å². The van der Waals surface area contributed by atoms with Gasteiger partial charge in [0.1, 0.15) is 5.01 Å². The summed E-state index contributed by atoms with van der Waals surface area (Å²) in [6.07, 6.45) is -4.41. The van der Waals surface area contributed by atoms with Crippen LogP contribution in [0.5, 0.6) is 0 Å². The van der Waals surface area contributed by atoms with Gasteiger partial charge in [0.15, 0.2) is 11.7 Å². The van der Waals surface area contributed by atoms with Gasteiger partial charge in [0.2, 0.25) is 0 Å². The molecule has 0 radical (unpaired) electrons. The maximum atomic E-state index is 12.5. The van der Waals surface area contributed by atoms with Crippen molar-refractivity contribution in [1.29, 1.82) is 0 Å². The summed E-state index contributed by atoms with van der Waals surface area (Å²) >= 11 is 8.33. The number of guanidine groups is 1. The van der Waals surface area contributed by atoms with Gasteiger partial charge in [-0.15, -0.1) is 22.7 Å². The first kappa shape index (κ1) is 18.0. The topological polar surface area (TPSA) is 40.5 Å². The average molecular weight is 383 g/mol. The standard InChI is InChI=1S/C13H14ClF3N4S2/c1-18-12(21(2)6-8-3-4-10(14)23-8)19-5-11-20-9(7-22-11)13(15,16)17/h3-4,7H,5-6H2,1-2H3,(H,18,19). The molecular formula is C13H14ClF3N4S2. The van der Waals surface area contributed by atoms with Gasteiger partial charge in [0.05, 0.1) is 17.4 Å². The van der Waals surface area contributed by atoms with Crippen LogP contribution < -0.4 is 5.32 Å². The van der Waals surface area contributed by atoms with Crippen LogP contribution in [0.25, 0.3) is 0 Å². The lowest BCUT2D eigenvalue weighted by Crippen LogP contribution is -2.37. The molecule has 0 aromatic carbocycles. The molecule has 2 aromatic rings. The zero-order chi connectivity index (χ0) is 17.0. The molecule has 0 atom stereocenters. The van der Waals surface area contributed by atoms with Crippen molar-refractivity contribution in [2.75, 3.05) is 14.1 Å². The Bertz CT molecular complexity index is 681. The number of aliphatic imine (C=N–C) groups is 1. The van der Waals surface area contributed by atoms with E-state index in [1.807, 2.05) is 24.1 Å². The maximum absolute atomic E-state index is 12.5. The van der Waals surface area contributed by atoms with E-state index in [1.165, 1.54) is 11.3 Å². The first-order valence-corrected chi connectivity index (χ1v) is 8.54. The summed E-state index contributed by atoms with van der Waals surface area (Å²) in [5.41, 5.74) is -0.865. The molecule has 0 aliphatic heterocycles. The van der Waals surface area contributed by atoms with Crippen LogP contribution in [-0.4, -0.2) is 29.9 Å². The molecule has 2 rings (SSSR count). The number of nitrogens with zero attached hydrogens (tertiary/aromatic N) is 3. The Kier molecular flexibility index (Phi) is 5.88. The molecule has 4 nitrogen and oxygen atoms in total. The van der Waals surface area contributed by atoms with E-state index in [0.717, 1.165) is 21.6 Å². The number of thiazole rings is 1. The highest BCUT2D eigenvalue weighted by Gasteiger charge is 2.33. The Morgan fingerprint density at radius 2 is 2.17 bits per heavy atom. The zero-order valence-electron chi connectivity index (χ0n) is 12.3. The Hall–Kier alpha value is -1.32. The Labute approximate surface area is 144 Å². The number of rotatable bonds is 4. The second-order valence-electron chi connectivity index (χ2n) is 4.59. The van der Waals surface area contributed by atoms with Crippen molar-refractivity contribution >= 4 is 40.2 Å². The number of aromatic nitrogens is 1. The molecule has 126 valence electrons. The number of alkyl halides is 3. The number of hydrogen-bond acceptors (Lipinski definition) is 4. The van der Waals surface area contributed by atoms with Crippen molar-refractivity contribution in [1.82, 2.24) is 15.2 Å². The largest absolute Gasteiger partial charge is 0.434 e. The quantitative estimate of drug-likeness (QED) is 0.639. The minimum atomic E-state index is -4.41. The van der Waals surface area contributed by atoms with Crippen molar-refractivity contribution in [3.05, 3.63) is 37.4 Å². The SMILES string of the molecule is CN=C(NCc1nc(C(F)(F)F)cs1)N(C)Cc1ccc(Cl)s1. The lowest BCUT2D eigenvalue weighted by atomic mass is 10.4. The van der Waals surface area contributed by atoms with Crippen LogP contribution in [0.2, 0.25) is 4.34 Å². The van der Waals surface area contributed by atoms with E-state index < -0.39 is 11.9 Å². The normalized spacial score (nSPS) is 12.5. The second kappa shape index (κ2) is 7.50. The monoisotopic (exact) mass is 382 g/mol. The molecular weight excluding hydrogens is 369 g/mol. The van der Waals surface area contributed by atoms with Crippen LogP contribution in [0.15, 0.2) is 22.5 Å². The van der Waals surface area contributed by atoms with Crippen LogP contribution >= 0.6 is 34.3 Å². The van der Waals surface area contributed by atoms with Crippen LogP contribution in [0.4, 0.5) is 13.2 Å². The first-order valence-electron chi connectivity index (χ1n) is 6.47. The molecule has 2 aromatic heterocycles. The molecule has 0 bridgehead atoms. The summed E-state index contributed by atoms with van der Waals surface area (Å²) < 4.78 is 38.3. The van der Waals surface area contributed by atoms with Gasteiger partial charge >= 0.3 is 6.18 Å². The molecule has 10 heteroatoms. The molecule has 1 N–H and O–H groups in total. The first-order chi connectivity index (χ1) is 10.8.